The van der Waals surface area contributed by atoms with Crippen LogP contribution in [0, 0.1) is 0 Å². The number of nitrogens with zero attached hydrogens (tertiary/aromatic N) is 1. The molecule has 7 heteroatoms. The Bertz CT molecular complexity index is 689. The van der Waals surface area contributed by atoms with Crippen LogP contribution >= 0.6 is 35.3 Å². The monoisotopic (exact) mass is 486 g/mol. The summed E-state index contributed by atoms with van der Waals surface area (Å²) in [6.45, 7) is 5.73. The van der Waals surface area contributed by atoms with Gasteiger partial charge in [0.1, 0.15) is 6.54 Å². The minimum atomic E-state index is -0.122. The van der Waals surface area contributed by atoms with Crippen molar-refractivity contribution in [1.82, 2.24) is 10.6 Å². The first-order chi connectivity index (χ1) is 12.2. The number of rotatable bonds is 8. The van der Waals surface area contributed by atoms with Gasteiger partial charge in [0.15, 0.2) is 5.96 Å². The van der Waals surface area contributed by atoms with Gasteiger partial charge in [-0.2, -0.15) is 0 Å². The third-order valence-corrected chi connectivity index (χ3v) is 4.52. The summed E-state index contributed by atoms with van der Waals surface area (Å²) in [5.41, 5.74) is 2.01. The van der Waals surface area contributed by atoms with Crippen LogP contribution in [0.25, 0.3) is 0 Å². The summed E-state index contributed by atoms with van der Waals surface area (Å²) in [6, 6.07) is 12.1. The molecular weight excluding hydrogens is 459 g/mol. The normalized spacial score (nSPS) is 10.8. The van der Waals surface area contributed by atoms with E-state index in [-0.39, 0.29) is 36.4 Å². The predicted octanol–water partition coefficient (Wildman–Crippen LogP) is 3.66. The highest BCUT2D eigenvalue weighted by Crippen LogP contribution is 2.11. The van der Waals surface area contributed by atoms with Crippen molar-refractivity contribution in [2.45, 2.75) is 26.7 Å². The molecule has 2 rings (SSSR count). The smallest absolute Gasteiger partial charge is 0.246 e. The van der Waals surface area contributed by atoms with Crippen molar-refractivity contribution < 1.29 is 4.79 Å². The molecule has 0 fully saturated rings. The fraction of sp³-hybridized carbons (Fsp3) is 0.368. The number of guanidine groups is 1. The molecule has 1 aromatic carbocycles. The van der Waals surface area contributed by atoms with Crippen LogP contribution < -0.4 is 16.0 Å². The van der Waals surface area contributed by atoms with Gasteiger partial charge >= 0.3 is 0 Å². The standard InChI is InChI=1S/C19H26N4OS.HI/c1-3-15-7-5-8-16(13-15)23-18(24)14-22-19(20-4-2)21-11-10-17-9-6-12-25-17;/h5-9,12-13H,3-4,10-11,14H2,1-2H3,(H,23,24)(H2,20,21,22);1H. The number of anilines is 1. The molecule has 0 unspecified atom stereocenters. The zero-order valence-electron chi connectivity index (χ0n) is 15.2. The van der Waals surface area contributed by atoms with E-state index < -0.39 is 0 Å². The maximum atomic E-state index is 12.1. The quantitative estimate of drug-likeness (QED) is 0.303. The Morgan fingerprint density at radius 3 is 2.69 bits per heavy atom. The number of halogens is 1. The number of aliphatic imine (C=N–C) groups is 1. The second-order valence-corrected chi connectivity index (χ2v) is 6.59. The molecule has 0 saturated carbocycles. The Morgan fingerprint density at radius 2 is 2.00 bits per heavy atom. The first kappa shape index (κ1) is 22.4. The number of thiophene rings is 1. The summed E-state index contributed by atoms with van der Waals surface area (Å²) in [4.78, 5) is 17.8. The van der Waals surface area contributed by atoms with Gasteiger partial charge in [0.2, 0.25) is 5.91 Å². The van der Waals surface area contributed by atoms with Gasteiger partial charge in [-0.3, -0.25) is 4.79 Å². The van der Waals surface area contributed by atoms with E-state index >= 15 is 0 Å². The third-order valence-electron chi connectivity index (χ3n) is 3.59. The van der Waals surface area contributed by atoms with Crippen molar-refractivity contribution in [3.63, 3.8) is 0 Å². The Labute approximate surface area is 176 Å². The fourth-order valence-electron chi connectivity index (χ4n) is 2.32. The van der Waals surface area contributed by atoms with E-state index in [2.05, 4.69) is 51.4 Å². The highest BCUT2D eigenvalue weighted by molar-refractivity contribution is 14.0. The topological polar surface area (TPSA) is 65.5 Å². The van der Waals surface area contributed by atoms with Crippen molar-refractivity contribution in [2.24, 2.45) is 4.99 Å². The number of nitrogens with one attached hydrogen (secondary N) is 3. The number of carbonyl (C=O) groups excluding carboxylic acids is 1. The van der Waals surface area contributed by atoms with Gasteiger partial charge in [-0.15, -0.1) is 35.3 Å². The molecule has 2 aromatic rings. The summed E-state index contributed by atoms with van der Waals surface area (Å²) >= 11 is 1.75. The summed E-state index contributed by atoms with van der Waals surface area (Å²) in [5, 5.41) is 11.4. The summed E-state index contributed by atoms with van der Waals surface area (Å²) in [6.07, 6.45) is 1.89. The molecular formula is C19H27IN4OS. The van der Waals surface area contributed by atoms with Crippen LogP contribution in [0.3, 0.4) is 0 Å². The maximum absolute atomic E-state index is 12.1. The number of benzene rings is 1. The van der Waals surface area contributed by atoms with Crippen molar-refractivity contribution in [2.75, 3.05) is 25.0 Å². The van der Waals surface area contributed by atoms with Crippen LogP contribution in [-0.2, 0) is 17.6 Å². The molecule has 0 saturated heterocycles. The lowest BCUT2D eigenvalue weighted by Gasteiger charge is -2.11. The molecule has 142 valence electrons. The third kappa shape index (κ3) is 8.18. The summed E-state index contributed by atoms with van der Waals surface area (Å²) in [7, 11) is 0. The Balaban J connectivity index is 0.00000338. The molecule has 0 atom stereocenters. The molecule has 5 nitrogen and oxygen atoms in total. The number of amides is 1. The molecule has 0 radical (unpaired) electrons. The van der Waals surface area contributed by atoms with E-state index in [0.29, 0.717) is 5.96 Å². The van der Waals surface area contributed by atoms with Crippen molar-refractivity contribution in [3.8, 4) is 0 Å². The first-order valence-corrected chi connectivity index (χ1v) is 9.52. The van der Waals surface area contributed by atoms with Gasteiger partial charge in [-0.1, -0.05) is 25.1 Å². The van der Waals surface area contributed by atoms with Gasteiger partial charge in [-0.25, -0.2) is 4.99 Å². The first-order valence-electron chi connectivity index (χ1n) is 8.64. The summed E-state index contributed by atoms with van der Waals surface area (Å²) < 4.78 is 0. The largest absolute Gasteiger partial charge is 0.357 e. The van der Waals surface area contributed by atoms with E-state index in [9.17, 15) is 4.79 Å². The van der Waals surface area contributed by atoms with Crippen LogP contribution in [-0.4, -0.2) is 31.5 Å². The minimum absolute atomic E-state index is 0. The van der Waals surface area contributed by atoms with Crippen molar-refractivity contribution >= 4 is 52.9 Å². The molecule has 1 aromatic heterocycles. The van der Waals surface area contributed by atoms with Crippen LogP contribution in [0.2, 0.25) is 0 Å². The molecule has 0 spiro atoms. The van der Waals surface area contributed by atoms with E-state index in [1.165, 1.54) is 10.4 Å². The average molecular weight is 486 g/mol. The highest BCUT2D eigenvalue weighted by atomic mass is 127. The molecule has 1 amide bonds. The van der Waals surface area contributed by atoms with E-state index in [4.69, 9.17) is 0 Å². The fourth-order valence-corrected chi connectivity index (χ4v) is 3.03. The molecule has 3 N–H and O–H groups in total. The van der Waals surface area contributed by atoms with Gasteiger partial charge in [0, 0.05) is 23.7 Å². The molecule has 0 aliphatic heterocycles. The van der Waals surface area contributed by atoms with Crippen LogP contribution in [0.5, 0.6) is 0 Å². The molecule has 1 heterocycles. The second kappa shape index (κ2) is 12.7. The summed E-state index contributed by atoms with van der Waals surface area (Å²) in [5.74, 6) is 0.542. The van der Waals surface area contributed by atoms with Crippen molar-refractivity contribution in [1.29, 1.82) is 0 Å². The molecule has 0 aliphatic rings. The maximum Gasteiger partial charge on any atom is 0.246 e. The molecule has 0 bridgehead atoms. The van der Waals surface area contributed by atoms with Gasteiger partial charge in [0.05, 0.1) is 0 Å². The highest BCUT2D eigenvalue weighted by Gasteiger charge is 2.04. The van der Waals surface area contributed by atoms with Gasteiger partial charge in [0.25, 0.3) is 0 Å². The number of aryl methyl sites for hydroxylation is 1. The number of hydrogen-bond donors (Lipinski definition) is 3. The number of hydrogen-bond acceptors (Lipinski definition) is 3. The molecule has 0 aliphatic carbocycles. The second-order valence-electron chi connectivity index (χ2n) is 5.55. The average Bonchev–Trinajstić information content (AvgIpc) is 3.13. The zero-order valence-corrected chi connectivity index (χ0v) is 18.4. The minimum Gasteiger partial charge on any atom is -0.357 e. The Kier molecular flexibility index (Phi) is 11.0. The Hall–Kier alpha value is -1.61. The predicted molar refractivity (Wildman–Crippen MR) is 122 cm³/mol. The zero-order chi connectivity index (χ0) is 17.9. The van der Waals surface area contributed by atoms with Gasteiger partial charge in [-0.05, 0) is 48.9 Å². The Morgan fingerprint density at radius 1 is 1.15 bits per heavy atom. The lowest BCUT2D eigenvalue weighted by Crippen LogP contribution is -2.39. The van der Waals surface area contributed by atoms with E-state index in [0.717, 1.165) is 31.6 Å². The lowest BCUT2D eigenvalue weighted by molar-refractivity contribution is -0.114. The van der Waals surface area contributed by atoms with Crippen LogP contribution in [0.4, 0.5) is 5.69 Å². The van der Waals surface area contributed by atoms with Crippen molar-refractivity contribution in [3.05, 3.63) is 52.2 Å². The number of carbonyl (C=O) groups is 1. The van der Waals surface area contributed by atoms with Crippen LogP contribution in [0.15, 0.2) is 46.8 Å². The van der Waals surface area contributed by atoms with E-state index in [1.807, 2.05) is 25.1 Å². The lowest BCUT2D eigenvalue weighted by atomic mass is 10.1. The SMILES string of the molecule is CCNC(=NCC(=O)Nc1cccc(CC)c1)NCCc1cccs1.I. The van der Waals surface area contributed by atoms with Crippen LogP contribution in [0.1, 0.15) is 24.3 Å². The van der Waals surface area contributed by atoms with E-state index in [1.54, 1.807) is 11.3 Å². The van der Waals surface area contributed by atoms with Gasteiger partial charge < -0.3 is 16.0 Å². The molecule has 26 heavy (non-hydrogen) atoms.